The Kier molecular flexibility index (Phi) is 7.42. The Balaban J connectivity index is 0. The Bertz CT molecular complexity index is 122. The fourth-order valence-electron chi connectivity index (χ4n) is 0.262. The van der Waals surface area contributed by atoms with Gasteiger partial charge in [-0.05, 0) is 6.92 Å². The SMILES string of the molecule is C=C(C)C(=O)OCCO.N. The molecule has 4 nitrogen and oxygen atoms in total. The summed E-state index contributed by atoms with van der Waals surface area (Å²) in [5.74, 6) is -0.455. The van der Waals surface area contributed by atoms with E-state index in [1.807, 2.05) is 0 Å². The Morgan fingerprint density at radius 2 is 2.20 bits per heavy atom. The molecule has 4 N–H and O–H groups in total. The zero-order valence-electron chi connectivity index (χ0n) is 6.09. The van der Waals surface area contributed by atoms with Gasteiger partial charge >= 0.3 is 5.97 Å². The number of aliphatic hydroxyl groups excluding tert-OH is 1. The lowest BCUT2D eigenvalue weighted by molar-refractivity contribution is -0.139. The molecule has 60 valence electrons. The minimum Gasteiger partial charge on any atom is -0.460 e. The van der Waals surface area contributed by atoms with Gasteiger partial charge in [-0.1, -0.05) is 6.58 Å². The van der Waals surface area contributed by atoms with Crippen molar-refractivity contribution in [2.24, 2.45) is 0 Å². The molecule has 0 aromatic carbocycles. The highest BCUT2D eigenvalue weighted by Crippen LogP contribution is 1.89. The summed E-state index contributed by atoms with van der Waals surface area (Å²) in [5.41, 5.74) is 0.350. The predicted molar refractivity (Wildman–Crippen MR) is 37.9 cm³/mol. The van der Waals surface area contributed by atoms with E-state index in [2.05, 4.69) is 11.3 Å². The van der Waals surface area contributed by atoms with Crippen LogP contribution in [0.3, 0.4) is 0 Å². The van der Waals surface area contributed by atoms with E-state index in [0.29, 0.717) is 5.57 Å². The first-order valence-corrected chi connectivity index (χ1v) is 2.62. The summed E-state index contributed by atoms with van der Waals surface area (Å²) in [6.07, 6.45) is 0. The maximum absolute atomic E-state index is 10.5. The van der Waals surface area contributed by atoms with Gasteiger partial charge in [-0.25, -0.2) is 4.79 Å². The standard InChI is InChI=1S/C6H10O3.H3N/c1-5(2)6(8)9-4-3-7;/h7H,1,3-4H2,2H3;1H3. The van der Waals surface area contributed by atoms with E-state index in [-0.39, 0.29) is 19.4 Å². The maximum atomic E-state index is 10.5. The van der Waals surface area contributed by atoms with Crippen molar-refractivity contribution < 1.29 is 14.6 Å². The van der Waals surface area contributed by atoms with E-state index in [9.17, 15) is 4.79 Å². The molecule has 0 aliphatic carbocycles. The Morgan fingerprint density at radius 3 is 2.50 bits per heavy atom. The third-order valence-electron chi connectivity index (χ3n) is 0.673. The van der Waals surface area contributed by atoms with Crippen LogP contribution in [0.1, 0.15) is 6.92 Å². The van der Waals surface area contributed by atoms with Crippen molar-refractivity contribution in [2.75, 3.05) is 13.2 Å². The van der Waals surface area contributed by atoms with Gasteiger partial charge in [0.25, 0.3) is 0 Å². The highest BCUT2D eigenvalue weighted by atomic mass is 16.5. The number of rotatable bonds is 3. The van der Waals surface area contributed by atoms with E-state index in [0.717, 1.165) is 0 Å². The van der Waals surface area contributed by atoms with Crippen molar-refractivity contribution in [2.45, 2.75) is 6.92 Å². The Morgan fingerprint density at radius 1 is 1.70 bits per heavy atom. The summed E-state index contributed by atoms with van der Waals surface area (Å²) < 4.78 is 4.46. The minimum absolute atomic E-state index is 0. The molecular formula is C6H13NO3. The average Bonchev–Trinajstić information content (AvgIpc) is 1.82. The maximum Gasteiger partial charge on any atom is 0.333 e. The first-order chi connectivity index (χ1) is 4.18. The highest BCUT2D eigenvalue weighted by Gasteiger charge is 1.99. The third-order valence-corrected chi connectivity index (χ3v) is 0.673. The van der Waals surface area contributed by atoms with Crippen LogP contribution in [-0.2, 0) is 9.53 Å². The van der Waals surface area contributed by atoms with Crippen molar-refractivity contribution in [1.82, 2.24) is 6.15 Å². The number of carbonyl (C=O) groups excluding carboxylic acids is 1. The lowest BCUT2D eigenvalue weighted by Crippen LogP contribution is -2.08. The van der Waals surface area contributed by atoms with Crippen molar-refractivity contribution in [3.05, 3.63) is 12.2 Å². The summed E-state index contributed by atoms with van der Waals surface area (Å²) in [4.78, 5) is 10.5. The summed E-state index contributed by atoms with van der Waals surface area (Å²) in [5, 5.41) is 8.19. The van der Waals surface area contributed by atoms with E-state index in [1.54, 1.807) is 6.92 Å². The number of carbonyl (C=O) groups is 1. The van der Waals surface area contributed by atoms with Crippen molar-refractivity contribution >= 4 is 5.97 Å². The van der Waals surface area contributed by atoms with Crippen molar-refractivity contribution in [3.8, 4) is 0 Å². The largest absolute Gasteiger partial charge is 0.460 e. The second kappa shape index (κ2) is 6.25. The van der Waals surface area contributed by atoms with Gasteiger partial charge in [-0.2, -0.15) is 0 Å². The molecule has 0 saturated heterocycles. The molecule has 0 unspecified atom stereocenters. The van der Waals surface area contributed by atoms with Crippen LogP contribution < -0.4 is 6.15 Å². The lowest BCUT2D eigenvalue weighted by Gasteiger charge is -1.99. The van der Waals surface area contributed by atoms with Crippen LogP contribution in [0.2, 0.25) is 0 Å². The number of ether oxygens (including phenoxy) is 1. The molecule has 0 aliphatic rings. The molecule has 0 spiro atoms. The summed E-state index contributed by atoms with van der Waals surface area (Å²) in [6, 6.07) is 0. The van der Waals surface area contributed by atoms with E-state index >= 15 is 0 Å². The van der Waals surface area contributed by atoms with Gasteiger partial charge in [-0.3, -0.25) is 0 Å². The molecule has 4 heteroatoms. The molecule has 0 radical (unpaired) electrons. The van der Waals surface area contributed by atoms with Crippen LogP contribution in [0.15, 0.2) is 12.2 Å². The van der Waals surface area contributed by atoms with Crippen molar-refractivity contribution in [1.29, 1.82) is 0 Å². The van der Waals surface area contributed by atoms with Crippen LogP contribution in [0.5, 0.6) is 0 Å². The lowest BCUT2D eigenvalue weighted by atomic mass is 10.4. The van der Waals surface area contributed by atoms with Gasteiger partial charge in [0.05, 0.1) is 6.61 Å². The van der Waals surface area contributed by atoms with Gasteiger partial charge in [0, 0.05) is 5.57 Å². The fraction of sp³-hybridized carbons (Fsp3) is 0.500. The quantitative estimate of drug-likeness (QED) is 0.443. The van der Waals surface area contributed by atoms with Gasteiger partial charge in [0.1, 0.15) is 6.61 Å². The number of hydrogen-bond acceptors (Lipinski definition) is 4. The normalized spacial score (nSPS) is 7.80. The second-order valence-corrected chi connectivity index (χ2v) is 1.64. The van der Waals surface area contributed by atoms with Crippen LogP contribution in [0.25, 0.3) is 0 Å². The molecule has 0 rings (SSSR count). The molecule has 0 atom stereocenters. The number of aliphatic hydroxyl groups is 1. The minimum atomic E-state index is -0.455. The zero-order valence-corrected chi connectivity index (χ0v) is 6.09. The molecule has 0 aromatic rings. The molecule has 10 heavy (non-hydrogen) atoms. The van der Waals surface area contributed by atoms with Gasteiger partial charge in [-0.15, -0.1) is 0 Å². The van der Waals surface area contributed by atoms with Crippen LogP contribution in [-0.4, -0.2) is 24.3 Å². The molecule has 0 fully saturated rings. The van der Waals surface area contributed by atoms with E-state index in [1.165, 1.54) is 0 Å². The van der Waals surface area contributed by atoms with Crippen LogP contribution in [0, 0.1) is 0 Å². The molecule has 0 aliphatic heterocycles. The summed E-state index contributed by atoms with van der Waals surface area (Å²) in [7, 11) is 0. The molecule has 0 saturated carbocycles. The predicted octanol–water partition coefficient (Wildman–Crippen LogP) is 0.260. The monoisotopic (exact) mass is 147 g/mol. The van der Waals surface area contributed by atoms with E-state index < -0.39 is 5.97 Å². The highest BCUT2D eigenvalue weighted by molar-refractivity contribution is 5.86. The molecule has 0 aromatic heterocycles. The van der Waals surface area contributed by atoms with Crippen molar-refractivity contribution in [3.63, 3.8) is 0 Å². The first-order valence-electron chi connectivity index (χ1n) is 2.62. The summed E-state index contributed by atoms with van der Waals surface area (Å²) >= 11 is 0. The van der Waals surface area contributed by atoms with E-state index in [4.69, 9.17) is 5.11 Å². The molecule has 0 heterocycles. The molecule has 0 bridgehead atoms. The average molecular weight is 147 g/mol. The molecular weight excluding hydrogens is 134 g/mol. The smallest absolute Gasteiger partial charge is 0.333 e. The topological polar surface area (TPSA) is 81.5 Å². The van der Waals surface area contributed by atoms with Gasteiger partial charge in [0.15, 0.2) is 0 Å². The zero-order chi connectivity index (χ0) is 7.28. The van der Waals surface area contributed by atoms with Crippen LogP contribution >= 0.6 is 0 Å². The fourth-order valence-corrected chi connectivity index (χ4v) is 0.262. The third kappa shape index (κ3) is 5.27. The number of esters is 1. The molecule has 0 amide bonds. The Labute approximate surface area is 60.1 Å². The van der Waals surface area contributed by atoms with Gasteiger partial charge < -0.3 is 16.0 Å². The first kappa shape index (κ1) is 11.9. The van der Waals surface area contributed by atoms with Gasteiger partial charge in [0.2, 0.25) is 0 Å². The summed E-state index contributed by atoms with van der Waals surface area (Å²) in [6.45, 7) is 4.81. The number of hydrogen-bond donors (Lipinski definition) is 2. The second-order valence-electron chi connectivity index (χ2n) is 1.64. The Hall–Kier alpha value is -0.870. The van der Waals surface area contributed by atoms with Crippen LogP contribution in [0.4, 0.5) is 0 Å².